The molecule has 3 N–H and O–H groups in total. The van der Waals surface area contributed by atoms with Crippen LogP contribution in [0.25, 0.3) is 0 Å². The van der Waals surface area contributed by atoms with Crippen LogP contribution in [0.3, 0.4) is 0 Å². The molecule has 0 aromatic rings. The van der Waals surface area contributed by atoms with Crippen molar-refractivity contribution in [2.24, 2.45) is 0 Å². The van der Waals surface area contributed by atoms with Gasteiger partial charge in [-0.1, -0.05) is 90.4 Å². The highest BCUT2D eigenvalue weighted by atomic mass is 16.5. The van der Waals surface area contributed by atoms with E-state index in [1.807, 2.05) is 6.92 Å². The van der Waals surface area contributed by atoms with E-state index in [1.54, 1.807) is 6.08 Å². The number of hydrogen-bond acceptors (Lipinski definition) is 7. The molecule has 42 heavy (non-hydrogen) atoms. The van der Waals surface area contributed by atoms with Crippen molar-refractivity contribution in [2.75, 3.05) is 0 Å². The maximum atomic E-state index is 12.2. The largest absolute Gasteiger partial charge is 0.455 e. The zero-order valence-electron chi connectivity index (χ0n) is 26.8. The maximum Gasteiger partial charge on any atom is 0.334 e. The maximum absolute atomic E-state index is 12.2. The predicted octanol–water partition coefficient (Wildman–Crippen LogP) is 7.27. The van der Waals surface area contributed by atoms with E-state index in [-0.39, 0.29) is 30.1 Å². The van der Waals surface area contributed by atoms with Crippen LogP contribution in [0.15, 0.2) is 11.6 Å². The van der Waals surface area contributed by atoms with E-state index in [0.717, 1.165) is 57.8 Å². The van der Waals surface area contributed by atoms with Gasteiger partial charge in [-0.05, 0) is 57.9 Å². The lowest BCUT2D eigenvalue weighted by Gasteiger charge is -2.22. The molecule has 2 aliphatic rings. The van der Waals surface area contributed by atoms with E-state index in [2.05, 4.69) is 6.92 Å². The molecule has 7 nitrogen and oxygen atoms in total. The van der Waals surface area contributed by atoms with Crippen molar-refractivity contribution < 1.29 is 34.4 Å². The van der Waals surface area contributed by atoms with Crippen molar-refractivity contribution in [1.82, 2.24) is 0 Å². The molecule has 0 bridgehead atoms. The Morgan fingerprint density at radius 3 is 1.79 bits per heavy atom. The minimum absolute atomic E-state index is 0.161. The van der Waals surface area contributed by atoms with Gasteiger partial charge in [-0.25, -0.2) is 4.79 Å². The number of rotatable bonds is 26. The van der Waals surface area contributed by atoms with Gasteiger partial charge in [0.15, 0.2) is 0 Å². The smallest absolute Gasteiger partial charge is 0.334 e. The van der Waals surface area contributed by atoms with E-state index >= 15 is 0 Å². The molecule has 2 rings (SSSR count). The van der Waals surface area contributed by atoms with Crippen molar-refractivity contribution >= 4 is 11.8 Å². The molecule has 0 radical (unpaired) electrons. The van der Waals surface area contributed by atoms with Gasteiger partial charge in [0.1, 0.15) is 11.9 Å². The van der Waals surface area contributed by atoms with Gasteiger partial charge < -0.3 is 24.8 Å². The molecule has 244 valence electrons. The third kappa shape index (κ3) is 16.0. The molecule has 2 heterocycles. The van der Waals surface area contributed by atoms with Crippen LogP contribution in [0, 0.1) is 0 Å². The van der Waals surface area contributed by atoms with Gasteiger partial charge in [0.25, 0.3) is 0 Å². The number of ketones is 1. The molecule has 1 fully saturated rings. The van der Waals surface area contributed by atoms with Crippen LogP contribution in [0.5, 0.6) is 0 Å². The number of unbranched alkanes of at least 4 members (excludes halogenated alkanes) is 12. The van der Waals surface area contributed by atoms with Gasteiger partial charge in [0.05, 0.1) is 30.5 Å². The predicted molar refractivity (Wildman–Crippen MR) is 167 cm³/mol. The Bertz CT molecular complexity index is 766. The summed E-state index contributed by atoms with van der Waals surface area (Å²) in [4.78, 5) is 23.9. The Labute approximate surface area is 255 Å². The van der Waals surface area contributed by atoms with Gasteiger partial charge in [0, 0.05) is 24.8 Å². The summed E-state index contributed by atoms with van der Waals surface area (Å²) >= 11 is 0. The van der Waals surface area contributed by atoms with E-state index in [0.29, 0.717) is 37.7 Å². The fourth-order valence-electron chi connectivity index (χ4n) is 6.28. The molecule has 0 aromatic carbocycles. The Morgan fingerprint density at radius 2 is 1.24 bits per heavy atom. The van der Waals surface area contributed by atoms with Crippen LogP contribution in [0.4, 0.5) is 0 Å². The minimum atomic E-state index is -0.553. The molecular formula is C35H62O7. The molecule has 7 heteroatoms. The molecule has 0 spiro atoms. The summed E-state index contributed by atoms with van der Waals surface area (Å²) in [6.45, 7) is 4.06. The number of aliphatic hydroxyl groups is 3. The highest BCUT2D eigenvalue weighted by molar-refractivity contribution is 5.90. The standard InChI is InChI=1S/C35H62O7/c1-3-4-5-6-7-8-9-10-11-15-21-31(38)33-23-24-34(42-33)32(39)22-17-16-19-29(36)18-13-12-14-20-30(37)26-28-25-27(2)41-35(28)40/h25,27,30-34,37-39H,3-24,26H2,1-2H3/t27-,30+,31+,32+,33+,34+/m0/s1. The molecule has 0 amide bonds. The van der Waals surface area contributed by atoms with Crippen molar-refractivity contribution in [3.8, 4) is 0 Å². The van der Waals surface area contributed by atoms with Gasteiger partial charge in [-0.2, -0.15) is 0 Å². The second kappa shape index (κ2) is 22.3. The van der Waals surface area contributed by atoms with Gasteiger partial charge in [0.2, 0.25) is 0 Å². The first-order valence-corrected chi connectivity index (χ1v) is 17.4. The summed E-state index contributed by atoms with van der Waals surface area (Å²) in [5, 5.41) is 31.3. The van der Waals surface area contributed by atoms with Crippen LogP contribution in [-0.4, -0.2) is 63.7 Å². The summed E-state index contributed by atoms with van der Waals surface area (Å²) in [5.74, 6) is -0.0709. The fraction of sp³-hybridized carbons (Fsp3) is 0.886. The Hall–Kier alpha value is -1.28. The number of cyclic esters (lactones) is 1. The second-order valence-corrected chi connectivity index (χ2v) is 12.9. The summed E-state index contributed by atoms with van der Waals surface area (Å²) < 4.78 is 11.1. The van der Waals surface area contributed by atoms with E-state index < -0.39 is 18.3 Å². The third-order valence-corrected chi connectivity index (χ3v) is 8.94. The first-order chi connectivity index (χ1) is 20.3. The Balaban J connectivity index is 1.41. The van der Waals surface area contributed by atoms with Crippen molar-refractivity contribution in [3.05, 3.63) is 11.6 Å². The van der Waals surface area contributed by atoms with E-state index in [9.17, 15) is 24.9 Å². The Morgan fingerprint density at radius 1 is 0.762 bits per heavy atom. The fourth-order valence-corrected chi connectivity index (χ4v) is 6.28. The van der Waals surface area contributed by atoms with Crippen LogP contribution >= 0.6 is 0 Å². The molecule has 0 unspecified atom stereocenters. The topological polar surface area (TPSA) is 113 Å². The molecule has 1 saturated heterocycles. The van der Waals surface area contributed by atoms with Crippen LogP contribution in [0.2, 0.25) is 0 Å². The zero-order chi connectivity index (χ0) is 30.6. The number of hydrogen-bond donors (Lipinski definition) is 3. The Kier molecular flexibility index (Phi) is 19.6. The number of aliphatic hydroxyl groups excluding tert-OH is 3. The molecule has 0 saturated carbocycles. The lowest BCUT2D eigenvalue weighted by molar-refractivity contribution is -0.139. The third-order valence-electron chi connectivity index (χ3n) is 8.94. The average Bonchev–Trinajstić information content (AvgIpc) is 3.58. The van der Waals surface area contributed by atoms with Crippen molar-refractivity contribution in [2.45, 2.75) is 198 Å². The summed E-state index contributed by atoms with van der Waals surface area (Å²) in [5.41, 5.74) is 0.562. The summed E-state index contributed by atoms with van der Waals surface area (Å²) in [7, 11) is 0. The lowest BCUT2D eigenvalue weighted by Crippen LogP contribution is -2.31. The molecule has 0 aliphatic carbocycles. The average molecular weight is 595 g/mol. The quantitative estimate of drug-likeness (QED) is 0.0713. The molecule has 2 aliphatic heterocycles. The molecular weight excluding hydrogens is 532 g/mol. The SMILES string of the molecule is CCCCCCCCCCCC[C@@H](O)[C@H]1CC[C@H]([C@H](O)CCCCC(=O)CCCCC[C@@H](O)CC2=C[C@H](C)OC2=O)O1. The lowest BCUT2D eigenvalue weighted by atomic mass is 9.99. The van der Waals surface area contributed by atoms with E-state index in [4.69, 9.17) is 9.47 Å². The van der Waals surface area contributed by atoms with E-state index in [1.165, 1.54) is 57.8 Å². The highest BCUT2D eigenvalue weighted by Gasteiger charge is 2.34. The van der Waals surface area contributed by atoms with Crippen molar-refractivity contribution in [3.63, 3.8) is 0 Å². The van der Waals surface area contributed by atoms with Gasteiger partial charge >= 0.3 is 5.97 Å². The molecule has 0 aromatic heterocycles. The first kappa shape index (κ1) is 36.9. The number of ether oxygens (including phenoxy) is 2. The number of carbonyl (C=O) groups excluding carboxylic acids is 2. The van der Waals surface area contributed by atoms with Crippen molar-refractivity contribution in [1.29, 1.82) is 0 Å². The first-order valence-electron chi connectivity index (χ1n) is 17.4. The number of carbonyl (C=O) groups is 2. The number of esters is 1. The van der Waals surface area contributed by atoms with Crippen LogP contribution < -0.4 is 0 Å². The second-order valence-electron chi connectivity index (χ2n) is 12.9. The summed E-state index contributed by atoms with van der Waals surface area (Å²) in [6, 6.07) is 0. The van der Waals surface area contributed by atoms with Crippen LogP contribution in [0.1, 0.15) is 162 Å². The molecule has 6 atom stereocenters. The zero-order valence-corrected chi connectivity index (χ0v) is 26.8. The number of Topliss-reactive ketones (excluding diaryl/α,β-unsaturated/α-hetero) is 1. The monoisotopic (exact) mass is 594 g/mol. The van der Waals surface area contributed by atoms with Gasteiger partial charge in [-0.3, -0.25) is 4.79 Å². The minimum Gasteiger partial charge on any atom is -0.455 e. The highest BCUT2D eigenvalue weighted by Crippen LogP contribution is 2.28. The van der Waals surface area contributed by atoms with Crippen LogP contribution in [-0.2, 0) is 19.1 Å². The summed E-state index contributed by atoms with van der Waals surface area (Å²) in [6.07, 6.45) is 21.6. The normalized spacial score (nSPS) is 22.6. The van der Waals surface area contributed by atoms with Gasteiger partial charge in [-0.15, -0.1) is 0 Å².